The molecule has 0 bridgehead atoms. The Balaban J connectivity index is 1.46. The Kier molecular flexibility index (Phi) is 9.93. The Bertz CT molecular complexity index is 1740. The number of methoxy groups -OCH3 is 1. The van der Waals surface area contributed by atoms with E-state index >= 15 is 0 Å². The number of benzene rings is 3. The summed E-state index contributed by atoms with van der Waals surface area (Å²) in [6.07, 6.45) is 2.54. The number of thiophene rings is 1. The molecule has 0 unspecified atom stereocenters. The highest BCUT2D eigenvalue weighted by atomic mass is 35.5. The highest BCUT2D eigenvalue weighted by Gasteiger charge is 2.35. The summed E-state index contributed by atoms with van der Waals surface area (Å²) in [6, 6.07) is 20.7. The van der Waals surface area contributed by atoms with Gasteiger partial charge < -0.3 is 25.0 Å². The van der Waals surface area contributed by atoms with E-state index in [1.165, 1.54) is 11.3 Å². The third kappa shape index (κ3) is 7.32. The number of halogens is 1. The number of carbonyl (C=O) groups is 3. The van der Waals surface area contributed by atoms with Gasteiger partial charge in [-0.1, -0.05) is 48.0 Å². The summed E-state index contributed by atoms with van der Waals surface area (Å²) in [6.45, 7) is 5.88. The van der Waals surface area contributed by atoms with Crippen molar-refractivity contribution in [2.75, 3.05) is 14.2 Å². The van der Waals surface area contributed by atoms with Crippen LogP contribution in [-0.2, 0) is 11.3 Å². The van der Waals surface area contributed by atoms with Gasteiger partial charge in [0.05, 0.1) is 12.1 Å². The van der Waals surface area contributed by atoms with Crippen LogP contribution in [0.15, 0.2) is 66.7 Å². The molecule has 3 aromatic carbocycles. The van der Waals surface area contributed by atoms with E-state index in [9.17, 15) is 14.4 Å². The Morgan fingerprint density at radius 1 is 0.935 bits per heavy atom. The van der Waals surface area contributed by atoms with Gasteiger partial charge in [0, 0.05) is 46.9 Å². The molecule has 0 atom stereocenters. The second kappa shape index (κ2) is 13.7. The maximum Gasteiger partial charge on any atom is 0.410 e. The smallest absolute Gasteiger partial charge is 0.410 e. The summed E-state index contributed by atoms with van der Waals surface area (Å²) in [4.78, 5) is 43.0. The molecule has 1 aromatic heterocycles. The Morgan fingerprint density at radius 3 is 2.17 bits per heavy atom. The second-order valence-electron chi connectivity index (χ2n) is 12.7. The Morgan fingerprint density at radius 2 is 1.57 bits per heavy atom. The number of ether oxygens (including phenoxy) is 2. The second-order valence-corrected chi connectivity index (χ2v) is 14.1. The van der Waals surface area contributed by atoms with E-state index in [-0.39, 0.29) is 24.1 Å². The molecule has 8 nitrogen and oxygen atoms in total. The van der Waals surface area contributed by atoms with Crippen LogP contribution in [0.2, 0.25) is 5.02 Å². The highest BCUT2D eigenvalue weighted by molar-refractivity contribution is 7.21. The molecule has 1 fully saturated rings. The van der Waals surface area contributed by atoms with Crippen molar-refractivity contribution in [1.82, 2.24) is 9.80 Å². The SMILES string of the molecule is COc1ccc(-c2ccc(C(N)=O)cc2)cc1CN(C(=O)c1sc2ccccc2c1Cl)C1CCC(N(C)C(=O)OC(C)(C)C)CC1. The monoisotopic (exact) mass is 661 g/mol. The standard InChI is InChI=1S/C36H40ClN3O5S/c1-36(2,3)45-35(43)39(4)26-15-17-27(18-16-26)40(34(42)32-31(37)28-8-6-7-9-30(28)46-32)21-25-20-24(14-19-29(25)44-5)22-10-12-23(13-11-22)33(38)41/h6-14,19-20,26-27H,15-18,21H2,1-5H3,(H2,38,41). The highest BCUT2D eigenvalue weighted by Crippen LogP contribution is 2.39. The van der Waals surface area contributed by atoms with Crippen molar-refractivity contribution in [1.29, 1.82) is 0 Å². The van der Waals surface area contributed by atoms with Crippen molar-refractivity contribution in [3.05, 3.63) is 87.8 Å². The summed E-state index contributed by atoms with van der Waals surface area (Å²) in [7, 11) is 3.40. The van der Waals surface area contributed by atoms with Crippen LogP contribution in [0, 0.1) is 0 Å². The van der Waals surface area contributed by atoms with Gasteiger partial charge in [-0.05, 0) is 87.9 Å². The lowest BCUT2D eigenvalue weighted by Crippen LogP contribution is -2.47. The van der Waals surface area contributed by atoms with E-state index in [1.807, 2.05) is 80.3 Å². The minimum atomic E-state index is -0.577. The average Bonchev–Trinajstić information content (AvgIpc) is 3.38. The first-order valence-corrected chi connectivity index (χ1v) is 16.6. The largest absolute Gasteiger partial charge is 0.496 e. The van der Waals surface area contributed by atoms with Gasteiger partial charge in [-0.3, -0.25) is 9.59 Å². The summed E-state index contributed by atoms with van der Waals surface area (Å²) in [5.41, 5.74) is 7.97. The number of nitrogens with zero attached hydrogens (tertiary/aromatic N) is 2. The zero-order valence-corrected chi connectivity index (χ0v) is 28.4. The molecule has 0 saturated heterocycles. The Hall–Kier alpha value is -4.08. The predicted octanol–water partition coefficient (Wildman–Crippen LogP) is 8.15. The van der Waals surface area contributed by atoms with Crippen LogP contribution >= 0.6 is 22.9 Å². The normalized spacial score (nSPS) is 16.6. The molecule has 1 aliphatic carbocycles. The van der Waals surface area contributed by atoms with Gasteiger partial charge in [-0.15, -0.1) is 11.3 Å². The first-order valence-electron chi connectivity index (χ1n) is 15.4. The number of hydrogen-bond acceptors (Lipinski definition) is 6. The van der Waals surface area contributed by atoms with Crippen LogP contribution in [0.5, 0.6) is 5.75 Å². The molecular weight excluding hydrogens is 622 g/mol. The number of amides is 3. The number of nitrogens with two attached hydrogens (primary N) is 1. The van der Waals surface area contributed by atoms with Gasteiger partial charge in [0.1, 0.15) is 16.2 Å². The van der Waals surface area contributed by atoms with Crippen molar-refractivity contribution in [3.8, 4) is 16.9 Å². The molecule has 242 valence electrons. The number of fused-ring (bicyclic) bond motifs is 1. The van der Waals surface area contributed by atoms with E-state index < -0.39 is 11.5 Å². The first-order chi connectivity index (χ1) is 21.9. The van der Waals surface area contributed by atoms with Crippen molar-refractivity contribution in [2.24, 2.45) is 5.73 Å². The lowest BCUT2D eigenvalue weighted by atomic mass is 9.89. The molecule has 1 heterocycles. The quantitative estimate of drug-likeness (QED) is 0.205. The van der Waals surface area contributed by atoms with Crippen LogP contribution in [-0.4, -0.2) is 59.5 Å². The van der Waals surface area contributed by atoms with Crippen molar-refractivity contribution >= 4 is 50.9 Å². The zero-order valence-electron chi connectivity index (χ0n) is 26.8. The van der Waals surface area contributed by atoms with E-state index in [0.717, 1.165) is 39.6 Å². The summed E-state index contributed by atoms with van der Waals surface area (Å²) in [5, 5.41) is 1.32. The number of carbonyl (C=O) groups excluding carboxylic acids is 3. The molecule has 2 N–H and O–H groups in total. The third-order valence-electron chi connectivity index (χ3n) is 8.45. The van der Waals surface area contributed by atoms with Crippen LogP contribution in [0.25, 0.3) is 21.2 Å². The maximum absolute atomic E-state index is 14.5. The maximum atomic E-state index is 14.5. The number of hydrogen-bond donors (Lipinski definition) is 1. The fraction of sp³-hybridized carbons (Fsp3) is 0.361. The van der Waals surface area contributed by atoms with Gasteiger partial charge in [-0.25, -0.2) is 4.79 Å². The molecule has 46 heavy (non-hydrogen) atoms. The topological polar surface area (TPSA) is 102 Å². The minimum Gasteiger partial charge on any atom is -0.496 e. The van der Waals surface area contributed by atoms with E-state index in [2.05, 4.69) is 0 Å². The molecule has 1 aliphatic rings. The summed E-state index contributed by atoms with van der Waals surface area (Å²) >= 11 is 8.24. The summed E-state index contributed by atoms with van der Waals surface area (Å²) in [5.74, 6) is 0.0486. The van der Waals surface area contributed by atoms with E-state index in [1.54, 1.807) is 31.2 Å². The van der Waals surface area contributed by atoms with Crippen molar-refractivity contribution < 1.29 is 23.9 Å². The van der Waals surface area contributed by atoms with Gasteiger partial charge in [0.25, 0.3) is 5.91 Å². The predicted molar refractivity (Wildman–Crippen MR) is 184 cm³/mol. The number of primary amides is 1. The van der Waals surface area contributed by atoms with E-state index in [0.29, 0.717) is 40.6 Å². The van der Waals surface area contributed by atoms with Crippen LogP contribution < -0.4 is 10.5 Å². The van der Waals surface area contributed by atoms with Gasteiger partial charge >= 0.3 is 6.09 Å². The molecule has 1 saturated carbocycles. The van der Waals surface area contributed by atoms with Crippen LogP contribution in [0.3, 0.4) is 0 Å². The molecule has 0 spiro atoms. The molecule has 3 amide bonds. The molecule has 5 rings (SSSR count). The zero-order chi connectivity index (χ0) is 33.2. The molecule has 0 radical (unpaired) electrons. The van der Waals surface area contributed by atoms with Crippen LogP contribution in [0.4, 0.5) is 4.79 Å². The number of rotatable bonds is 8. The molecule has 0 aliphatic heterocycles. The first kappa shape index (κ1) is 33.3. The van der Waals surface area contributed by atoms with Crippen LogP contribution in [0.1, 0.15) is 72.0 Å². The fourth-order valence-corrected chi connectivity index (χ4v) is 7.45. The molecule has 4 aromatic rings. The van der Waals surface area contributed by atoms with Gasteiger partial charge in [0.15, 0.2) is 0 Å². The van der Waals surface area contributed by atoms with Gasteiger partial charge in [-0.2, -0.15) is 0 Å². The Labute approximate surface area is 279 Å². The average molecular weight is 662 g/mol. The summed E-state index contributed by atoms with van der Waals surface area (Å²) < 4.78 is 12.3. The van der Waals surface area contributed by atoms with Gasteiger partial charge in [0.2, 0.25) is 5.91 Å². The molecular formula is C36H40ClN3O5S. The molecule has 10 heteroatoms. The van der Waals surface area contributed by atoms with Crippen molar-refractivity contribution in [2.45, 2.75) is 70.7 Å². The minimum absolute atomic E-state index is 0.0113. The van der Waals surface area contributed by atoms with Crippen molar-refractivity contribution in [3.63, 3.8) is 0 Å². The lowest BCUT2D eigenvalue weighted by Gasteiger charge is -2.40. The van der Waals surface area contributed by atoms with E-state index in [4.69, 9.17) is 26.8 Å². The third-order valence-corrected chi connectivity index (χ3v) is 10.1. The fourth-order valence-electron chi connectivity index (χ4n) is 5.98. The lowest BCUT2D eigenvalue weighted by molar-refractivity contribution is 0.0144.